The molecule has 7 heteroatoms. The molecule has 0 aliphatic rings. The van der Waals surface area contributed by atoms with Crippen molar-refractivity contribution in [1.29, 1.82) is 0 Å². The van der Waals surface area contributed by atoms with E-state index >= 15 is 0 Å². The molecule has 4 nitrogen and oxygen atoms in total. The molecule has 120 valence electrons. The fourth-order valence-electron chi connectivity index (χ4n) is 2.15. The molecule has 0 fully saturated rings. The third-order valence-corrected chi connectivity index (χ3v) is 4.48. The Kier molecular flexibility index (Phi) is 4.49. The normalized spacial score (nSPS) is 12.7. The number of hydrogen-bond acceptors (Lipinski definition) is 5. The van der Waals surface area contributed by atoms with Crippen molar-refractivity contribution < 1.29 is 13.2 Å². The van der Waals surface area contributed by atoms with E-state index in [2.05, 4.69) is 10.2 Å². The minimum atomic E-state index is -0.584. The fraction of sp³-hybridized carbons (Fsp3) is 0.250. The molecule has 2 heterocycles. The maximum atomic E-state index is 13.7. The first-order valence-corrected chi connectivity index (χ1v) is 7.94. The van der Waals surface area contributed by atoms with Gasteiger partial charge in [0.15, 0.2) is 0 Å². The van der Waals surface area contributed by atoms with Crippen LogP contribution in [0.2, 0.25) is 0 Å². The van der Waals surface area contributed by atoms with Crippen molar-refractivity contribution in [2.45, 2.75) is 19.5 Å². The highest BCUT2D eigenvalue weighted by Gasteiger charge is 2.20. The highest BCUT2D eigenvalue weighted by atomic mass is 32.1. The Labute approximate surface area is 136 Å². The Bertz CT molecular complexity index is 788. The highest BCUT2D eigenvalue weighted by molar-refractivity contribution is 7.13. The Balaban J connectivity index is 1.73. The van der Waals surface area contributed by atoms with E-state index < -0.39 is 11.6 Å². The topological polar surface area (TPSA) is 42.2 Å². The Morgan fingerprint density at radius 1 is 1.26 bits per heavy atom. The SMILES string of the molecule is C[C@H](c1nnc(-c2cccs2)o1)N(C)Cc1ccc(F)cc1F. The van der Waals surface area contributed by atoms with E-state index in [1.54, 1.807) is 0 Å². The molecule has 0 amide bonds. The van der Waals surface area contributed by atoms with Gasteiger partial charge in [-0.05, 0) is 31.5 Å². The molecule has 2 aromatic heterocycles. The Hall–Kier alpha value is -2.12. The molecule has 0 N–H and O–H groups in total. The van der Waals surface area contributed by atoms with Crippen LogP contribution in [0.5, 0.6) is 0 Å². The van der Waals surface area contributed by atoms with Crippen LogP contribution in [0.25, 0.3) is 10.8 Å². The standard InChI is InChI=1S/C16H15F2N3OS/c1-10(15-19-20-16(22-15)14-4-3-7-23-14)21(2)9-11-5-6-12(17)8-13(11)18/h3-8,10H,9H2,1-2H3/t10-/m1/s1. The molecule has 0 radical (unpaired) electrons. The van der Waals surface area contributed by atoms with Crippen LogP contribution in [-0.2, 0) is 6.54 Å². The summed E-state index contributed by atoms with van der Waals surface area (Å²) in [7, 11) is 1.82. The van der Waals surface area contributed by atoms with Gasteiger partial charge in [-0.3, -0.25) is 4.90 Å². The van der Waals surface area contributed by atoms with Gasteiger partial charge in [-0.15, -0.1) is 21.5 Å². The molecule has 0 saturated heterocycles. The van der Waals surface area contributed by atoms with Gasteiger partial charge in [0.25, 0.3) is 5.89 Å². The molecule has 0 saturated carbocycles. The second kappa shape index (κ2) is 6.55. The van der Waals surface area contributed by atoms with Crippen molar-refractivity contribution in [3.05, 3.63) is 58.8 Å². The zero-order valence-electron chi connectivity index (χ0n) is 12.7. The number of halogens is 2. The van der Waals surface area contributed by atoms with Crippen molar-refractivity contribution in [3.63, 3.8) is 0 Å². The first-order chi connectivity index (χ1) is 11.0. The average molecular weight is 335 g/mol. The Morgan fingerprint density at radius 2 is 2.09 bits per heavy atom. The van der Waals surface area contributed by atoms with Gasteiger partial charge in [0.05, 0.1) is 10.9 Å². The summed E-state index contributed by atoms with van der Waals surface area (Å²) >= 11 is 1.52. The lowest BCUT2D eigenvalue weighted by Crippen LogP contribution is -2.22. The molecule has 1 atom stereocenters. The molecule has 1 aromatic carbocycles. The van der Waals surface area contributed by atoms with Crippen LogP contribution in [0.3, 0.4) is 0 Å². The number of hydrogen-bond donors (Lipinski definition) is 0. The third-order valence-electron chi connectivity index (χ3n) is 3.63. The fourth-order valence-corrected chi connectivity index (χ4v) is 2.79. The molecule has 3 rings (SSSR count). The van der Waals surface area contributed by atoms with E-state index in [1.807, 2.05) is 36.4 Å². The lowest BCUT2D eigenvalue weighted by Gasteiger charge is -2.21. The smallest absolute Gasteiger partial charge is 0.257 e. The largest absolute Gasteiger partial charge is 0.418 e. The summed E-state index contributed by atoms with van der Waals surface area (Å²) < 4.78 is 32.4. The van der Waals surface area contributed by atoms with E-state index in [9.17, 15) is 8.78 Å². The third kappa shape index (κ3) is 3.46. The van der Waals surface area contributed by atoms with E-state index in [1.165, 1.54) is 23.5 Å². The molecule has 0 aliphatic heterocycles. The number of thiophene rings is 1. The molecule has 0 bridgehead atoms. The molecular formula is C16H15F2N3OS. The second-order valence-electron chi connectivity index (χ2n) is 5.25. The summed E-state index contributed by atoms with van der Waals surface area (Å²) in [6.45, 7) is 2.21. The van der Waals surface area contributed by atoms with Crippen molar-refractivity contribution in [2.75, 3.05) is 7.05 Å². The van der Waals surface area contributed by atoms with Gasteiger partial charge >= 0.3 is 0 Å². The zero-order valence-corrected chi connectivity index (χ0v) is 13.5. The predicted molar refractivity (Wildman–Crippen MR) is 83.9 cm³/mol. The van der Waals surface area contributed by atoms with Crippen molar-refractivity contribution >= 4 is 11.3 Å². The van der Waals surface area contributed by atoms with Crippen molar-refractivity contribution in [2.24, 2.45) is 0 Å². The van der Waals surface area contributed by atoms with Crippen LogP contribution in [0.15, 0.2) is 40.1 Å². The lowest BCUT2D eigenvalue weighted by atomic mass is 10.1. The molecule has 0 unspecified atom stereocenters. The minimum absolute atomic E-state index is 0.194. The van der Waals surface area contributed by atoms with Crippen molar-refractivity contribution in [3.8, 4) is 10.8 Å². The van der Waals surface area contributed by atoms with Gasteiger partial charge < -0.3 is 4.42 Å². The van der Waals surface area contributed by atoms with Gasteiger partial charge in [-0.25, -0.2) is 8.78 Å². The van der Waals surface area contributed by atoms with Gasteiger partial charge in [-0.2, -0.15) is 0 Å². The maximum Gasteiger partial charge on any atom is 0.257 e. The van der Waals surface area contributed by atoms with E-state index in [-0.39, 0.29) is 6.04 Å². The summed E-state index contributed by atoms with van der Waals surface area (Å²) in [6.07, 6.45) is 0. The van der Waals surface area contributed by atoms with Crippen LogP contribution in [0, 0.1) is 11.6 Å². The van der Waals surface area contributed by atoms with Crippen LogP contribution < -0.4 is 0 Å². The Morgan fingerprint density at radius 3 is 2.78 bits per heavy atom. The lowest BCUT2D eigenvalue weighted by molar-refractivity contribution is 0.215. The molecule has 0 aliphatic carbocycles. The maximum absolute atomic E-state index is 13.7. The van der Waals surface area contributed by atoms with Gasteiger partial charge in [0, 0.05) is 18.2 Å². The number of benzene rings is 1. The first-order valence-electron chi connectivity index (χ1n) is 7.06. The average Bonchev–Trinajstić information content (AvgIpc) is 3.19. The number of rotatable bonds is 5. The molecule has 0 spiro atoms. The van der Waals surface area contributed by atoms with E-state index in [0.717, 1.165) is 10.9 Å². The summed E-state index contributed by atoms with van der Waals surface area (Å²) in [5, 5.41) is 10.0. The highest BCUT2D eigenvalue weighted by Crippen LogP contribution is 2.27. The van der Waals surface area contributed by atoms with Crippen molar-refractivity contribution in [1.82, 2.24) is 15.1 Å². The minimum Gasteiger partial charge on any atom is -0.418 e. The monoisotopic (exact) mass is 335 g/mol. The molecule has 3 aromatic rings. The van der Waals surface area contributed by atoms with Crippen LogP contribution in [-0.4, -0.2) is 22.1 Å². The van der Waals surface area contributed by atoms with Crippen LogP contribution in [0.4, 0.5) is 8.78 Å². The van der Waals surface area contributed by atoms with E-state index in [4.69, 9.17) is 4.42 Å². The van der Waals surface area contributed by atoms with Crippen LogP contribution in [0.1, 0.15) is 24.4 Å². The predicted octanol–water partition coefficient (Wildman–Crippen LogP) is 4.27. The summed E-state index contributed by atoms with van der Waals surface area (Å²) in [4.78, 5) is 2.77. The summed E-state index contributed by atoms with van der Waals surface area (Å²) in [5.41, 5.74) is 0.416. The second-order valence-corrected chi connectivity index (χ2v) is 6.20. The number of aromatic nitrogens is 2. The van der Waals surface area contributed by atoms with Gasteiger partial charge in [-0.1, -0.05) is 12.1 Å². The van der Waals surface area contributed by atoms with Crippen LogP contribution >= 0.6 is 11.3 Å². The van der Waals surface area contributed by atoms with E-state index in [0.29, 0.717) is 23.9 Å². The van der Waals surface area contributed by atoms with Gasteiger partial charge in [0.1, 0.15) is 11.6 Å². The summed E-state index contributed by atoms with van der Waals surface area (Å²) in [5.74, 6) is -0.213. The molecule has 23 heavy (non-hydrogen) atoms. The number of nitrogens with zero attached hydrogens (tertiary/aromatic N) is 3. The summed E-state index contributed by atoms with van der Waals surface area (Å²) in [6, 6.07) is 7.20. The van der Waals surface area contributed by atoms with Gasteiger partial charge in [0.2, 0.25) is 5.89 Å². The zero-order chi connectivity index (χ0) is 16.4. The molecular weight excluding hydrogens is 320 g/mol. The first kappa shape index (κ1) is 15.8. The quantitative estimate of drug-likeness (QED) is 0.698.